The van der Waals surface area contributed by atoms with Gasteiger partial charge in [0.1, 0.15) is 5.82 Å². The lowest BCUT2D eigenvalue weighted by atomic mass is 9.90. The summed E-state index contributed by atoms with van der Waals surface area (Å²) in [6, 6.07) is 13.1. The molecule has 0 spiro atoms. The number of carbonyl (C=O) groups is 2. The third-order valence-electron chi connectivity index (χ3n) is 5.55. The van der Waals surface area contributed by atoms with Gasteiger partial charge in [-0.2, -0.15) is 0 Å². The van der Waals surface area contributed by atoms with E-state index in [4.69, 9.17) is 0 Å². The molecule has 1 aliphatic heterocycles. The zero-order valence-corrected chi connectivity index (χ0v) is 17.5. The Morgan fingerprint density at radius 3 is 2.55 bits per heavy atom. The zero-order chi connectivity index (χ0) is 21.6. The number of aromatic nitrogens is 3. The summed E-state index contributed by atoms with van der Waals surface area (Å²) in [5, 5.41) is 2.94. The second-order valence-electron chi connectivity index (χ2n) is 7.69. The standard InChI is InChI=1S/C24H25N5O2/c1-17-26-16-21(23(30)27-15-18-6-5-11-25-14-18)22(28-17)19-9-12-29(13-10-19)24(31)20-7-3-2-4-8-20/h2-8,11,14,16,19H,9-10,12-13,15H2,1H3,(H,27,30). The minimum atomic E-state index is -0.193. The second kappa shape index (κ2) is 9.47. The first-order valence-electron chi connectivity index (χ1n) is 10.5. The van der Waals surface area contributed by atoms with E-state index in [9.17, 15) is 9.59 Å². The van der Waals surface area contributed by atoms with Gasteiger partial charge in [0.15, 0.2) is 0 Å². The molecule has 0 radical (unpaired) electrons. The molecule has 0 bridgehead atoms. The SMILES string of the molecule is Cc1ncc(C(=O)NCc2cccnc2)c(C2CCN(C(=O)c3ccccc3)CC2)n1. The lowest BCUT2D eigenvalue weighted by molar-refractivity contribution is 0.0710. The predicted octanol–water partition coefficient (Wildman–Crippen LogP) is 3.13. The molecule has 1 fully saturated rings. The van der Waals surface area contributed by atoms with Crippen molar-refractivity contribution < 1.29 is 9.59 Å². The smallest absolute Gasteiger partial charge is 0.254 e. The molecule has 3 aromatic rings. The van der Waals surface area contributed by atoms with Crippen LogP contribution in [0.1, 0.15) is 56.6 Å². The number of amides is 2. The summed E-state index contributed by atoms with van der Waals surface area (Å²) in [4.78, 5) is 40.4. The Hall–Kier alpha value is -3.61. The maximum Gasteiger partial charge on any atom is 0.254 e. The van der Waals surface area contributed by atoms with Crippen molar-refractivity contribution in [3.8, 4) is 0 Å². The van der Waals surface area contributed by atoms with Gasteiger partial charge in [0.25, 0.3) is 11.8 Å². The number of nitrogens with one attached hydrogen (secondary N) is 1. The van der Waals surface area contributed by atoms with E-state index >= 15 is 0 Å². The van der Waals surface area contributed by atoms with Crippen LogP contribution in [0.4, 0.5) is 0 Å². The van der Waals surface area contributed by atoms with Gasteiger partial charge in [0.05, 0.1) is 11.3 Å². The first-order valence-corrected chi connectivity index (χ1v) is 10.5. The normalized spacial score (nSPS) is 14.3. The Bertz CT molecular complexity index is 1050. The van der Waals surface area contributed by atoms with Gasteiger partial charge in [-0.15, -0.1) is 0 Å². The average molecular weight is 415 g/mol. The van der Waals surface area contributed by atoms with E-state index in [1.165, 1.54) is 0 Å². The van der Waals surface area contributed by atoms with Gasteiger partial charge >= 0.3 is 0 Å². The molecule has 4 rings (SSSR count). The van der Waals surface area contributed by atoms with Gasteiger partial charge in [-0.1, -0.05) is 24.3 Å². The highest BCUT2D eigenvalue weighted by Crippen LogP contribution is 2.29. The van der Waals surface area contributed by atoms with Crippen LogP contribution in [0.3, 0.4) is 0 Å². The van der Waals surface area contributed by atoms with E-state index in [0.29, 0.717) is 36.6 Å². The van der Waals surface area contributed by atoms with Crippen LogP contribution in [0.5, 0.6) is 0 Å². The topological polar surface area (TPSA) is 88.1 Å². The van der Waals surface area contributed by atoms with Crippen molar-refractivity contribution in [2.45, 2.75) is 32.2 Å². The zero-order valence-electron chi connectivity index (χ0n) is 17.5. The molecule has 31 heavy (non-hydrogen) atoms. The van der Waals surface area contributed by atoms with E-state index in [2.05, 4.69) is 20.3 Å². The van der Waals surface area contributed by atoms with E-state index < -0.39 is 0 Å². The molecule has 2 aromatic heterocycles. The fraction of sp³-hybridized carbons (Fsp3) is 0.292. The van der Waals surface area contributed by atoms with Crippen molar-refractivity contribution in [1.29, 1.82) is 0 Å². The first kappa shape index (κ1) is 20.7. The minimum absolute atomic E-state index is 0.0485. The molecular weight excluding hydrogens is 390 g/mol. The molecule has 1 aliphatic rings. The van der Waals surface area contributed by atoms with E-state index in [1.807, 2.05) is 54.3 Å². The quantitative estimate of drug-likeness (QED) is 0.692. The number of hydrogen-bond donors (Lipinski definition) is 1. The van der Waals surface area contributed by atoms with Crippen molar-refractivity contribution in [3.05, 3.63) is 89.3 Å². The van der Waals surface area contributed by atoms with Crippen molar-refractivity contribution in [2.75, 3.05) is 13.1 Å². The van der Waals surface area contributed by atoms with Gasteiger partial charge in [-0.05, 0) is 43.5 Å². The van der Waals surface area contributed by atoms with Crippen LogP contribution in [0, 0.1) is 6.92 Å². The summed E-state index contributed by atoms with van der Waals surface area (Å²) in [6.45, 7) is 3.50. The lowest BCUT2D eigenvalue weighted by Gasteiger charge is -2.32. The van der Waals surface area contributed by atoms with Crippen molar-refractivity contribution in [2.24, 2.45) is 0 Å². The summed E-state index contributed by atoms with van der Waals surface area (Å²) in [7, 11) is 0. The van der Waals surface area contributed by atoms with Crippen LogP contribution in [-0.4, -0.2) is 44.8 Å². The molecule has 0 atom stereocenters. The summed E-state index contributed by atoms with van der Waals surface area (Å²) < 4.78 is 0. The molecule has 1 N–H and O–H groups in total. The molecule has 7 nitrogen and oxygen atoms in total. The van der Waals surface area contributed by atoms with Crippen LogP contribution >= 0.6 is 0 Å². The second-order valence-corrected chi connectivity index (χ2v) is 7.69. The largest absolute Gasteiger partial charge is 0.348 e. The molecule has 1 aromatic carbocycles. The van der Waals surface area contributed by atoms with Crippen molar-refractivity contribution >= 4 is 11.8 Å². The molecule has 0 saturated carbocycles. The number of benzene rings is 1. The molecule has 1 saturated heterocycles. The average Bonchev–Trinajstić information content (AvgIpc) is 2.83. The van der Waals surface area contributed by atoms with E-state index in [1.54, 1.807) is 18.6 Å². The van der Waals surface area contributed by atoms with E-state index in [0.717, 1.165) is 24.1 Å². The Balaban J connectivity index is 1.44. The predicted molar refractivity (Wildman–Crippen MR) is 116 cm³/mol. The number of rotatable bonds is 5. The van der Waals surface area contributed by atoms with Crippen LogP contribution in [0.25, 0.3) is 0 Å². The fourth-order valence-corrected chi connectivity index (χ4v) is 3.87. The number of likely N-dealkylation sites (tertiary alicyclic amines) is 1. The number of carbonyl (C=O) groups excluding carboxylic acids is 2. The van der Waals surface area contributed by atoms with Crippen LogP contribution < -0.4 is 5.32 Å². The molecule has 7 heteroatoms. The van der Waals surface area contributed by atoms with Gasteiger partial charge in [0.2, 0.25) is 0 Å². The maximum atomic E-state index is 12.9. The Kier molecular flexibility index (Phi) is 6.31. The number of hydrogen-bond acceptors (Lipinski definition) is 5. The fourth-order valence-electron chi connectivity index (χ4n) is 3.87. The molecule has 3 heterocycles. The van der Waals surface area contributed by atoms with Crippen LogP contribution in [0.15, 0.2) is 61.1 Å². The molecule has 0 aliphatic carbocycles. The Morgan fingerprint density at radius 1 is 1.06 bits per heavy atom. The van der Waals surface area contributed by atoms with Gasteiger partial charge in [-0.25, -0.2) is 9.97 Å². The van der Waals surface area contributed by atoms with Crippen LogP contribution in [0.2, 0.25) is 0 Å². The number of piperidine rings is 1. The summed E-state index contributed by atoms with van der Waals surface area (Å²) in [5.74, 6) is 0.608. The van der Waals surface area contributed by atoms with Gasteiger partial charge < -0.3 is 10.2 Å². The highest BCUT2D eigenvalue weighted by Gasteiger charge is 2.28. The van der Waals surface area contributed by atoms with Gasteiger partial charge in [-0.3, -0.25) is 14.6 Å². The van der Waals surface area contributed by atoms with Crippen molar-refractivity contribution in [1.82, 2.24) is 25.2 Å². The first-order chi connectivity index (χ1) is 15.1. The summed E-state index contributed by atoms with van der Waals surface area (Å²) in [5.41, 5.74) is 2.90. The molecule has 0 unspecified atom stereocenters. The lowest BCUT2D eigenvalue weighted by Crippen LogP contribution is -2.38. The number of nitrogens with zero attached hydrogens (tertiary/aromatic N) is 4. The Labute approximate surface area is 181 Å². The Morgan fingerprint density at radius 2 is 1.84 bits per heavy atom. The van der Waals surface area contributed by atoms with Crippen LogP contribution in [-0.2, 0) is 6.54 Å². The monoisotopic (exact) mass is 415 g/mol. The van der Waals surface area contributed by atoms with Crippen molar-refractivity contribution in [3.63, 3.8) is 0 Å². The third kappa shape index (κ3) is 4.94. The van der Waals surface area contributed by atoms with E-state index in [-0.39, 0.29) is 17.7 Å². The molecule has 2 amide bonds. The minimum Gasteiger partial charge on any atom is -0.348 e. The summed E-state index contributed by atoms with van der Waals surface area (Å²) >= 11 is 0. The highest BCUT2D eigenvalue weighted by atomic mass is 16.2. The number of pyridine rings is 1. The third-order valence-corrected chi connectivity index (χ3v) is 5.55. The molecule has 158 valence electrons. The maximum absolute atomic E-state index is 12.9. The summed E-state index contributed by atoms with van der Waals surface area (Å²) in [6.07, 6.45) is 6.56. The molecular formula is C24H25N5O2. The van der Waals surface area contributed by atoms with Gasteiger partial charge in [0, 0.05) is 49.7 Å². The highest BCUT2D eigenvalue weighted by molar-refractivity contribution is 5.95. The number of aryl methyl sites for hydroxylation is 1.